The fourth-order valence-corrected chi connectivity index (χ4v) is 3.37. The Bertz CT molecular complexity index is 921. The van der Waals surface area contributed by atoms with Crippen molar-refractivity contribution in [2.24, 2.45) is 0 Å². The Balaban J connectivity index is 1.64. The van der Waals surface area contributed by atoms with Crippen LogP contribution in [-0.2, 0) is 12.3 Å². The fourth-order valence-electron chi connectivity index (χ4n) is 2.51. The Morgan fingerprint density at radius 3 is 2.56 bits per heavy atom. The molecule has 25 heavy (non-hydrogen) atoms. The van der Waals surface area contributed by atoms with E-state index in [0.29, 0.717) is 12.3 Å². The molecule has 0 radical (unpaired) electrons. The third kappa shape index (κ3) is 3.64. The van der Waals surface area contributed by atoms with Gasteiger partial charge in [0.2, 0.25) is 5.82 Å². The van der Waals surface area contributed by atoms with Crippen LogP contribution in [-0.4, -0.2) is 19.7 Å². The summed E-state index contributed by atoms with van der Waals surface area (Å²) >= 11 is 1.62. The largest absolute Gasteiger partial charge is 0.461 e. The number of hydrogen-bond acceptors (Lipinski definition) is 5. The van der Waals surface area contributed by atoms with Crippen LogP contribution in [0.3, 0.4) is 0 Å². The average Bonchev–Trinajstić information content (AvgIpc) is 3.32. The molecule has 0 unspecified atom stereocenters. The number of hydrogen-bond donors (Lipinski definition) is 0. The number of thioether (sulfide) groups is 1. The van der Waals surface area contributed by atoms with Crippen LogP contribution in [0, 0.1) is 0 Å². The van der Waals surface area contributed by atoms with Gasteiger partial charge in [-0.15, -0.1) is 10.2 Å². The standard InChI is InChI=1S/C19H16N4OS/c1-2-7-15(8-3-1)13-23-18(17-10-6-12-24-17)21-22-19(23)25-14-16-9-4-5-11-20-16/h1-12H,13-14H2. The predicted octanol–water partition coefficient (Wildman–Crippen LogP) is 4.27. The maximum atomic E-state index is 5.53. The number of rotatable bonds is 6. The van der Waals surface area contributed by atoms with E-state index < -0.39 is 0 Å². The third-order valence-corrected chi connectivity index (χ3v) is 4.72. The van der Waals surface area contributed by atoms with Crippen LogP contribution in [0.1, 0.15) is 11.3 Å². The van der Waals surface area contributed by atoms with E-state index in [9.17, 15) is 0 Å². The second-order valence-electron chi connectivity index (χ2n) is 5.46. The smallest absolute Gasteiger partial charge is 0.200 e. The molecule has 0 amide bonds. The predicted molar refractivity (Wildman–Crippen MR) is 97.1 cm³/mol. The summed E-state index contributed by atoms with van der Waals surface area (Å²) in [5.74, 6) is 2.19. The van der Waals surface area contributed by atoms with Gasteiger partial charge in [-0.1, -0.05) is 48.2 Å². The van der Waals surface area contributed by atoms with E-state index in [0.717, 1.165) is 22.4 Å². The summed E-state index contributed by atoms with van der Waals surface area (Å²) in [5, 5.41) is 9.56. The lowest BCUT2D eigenvalue weighted by Gasteiger charge is -2.09. The first-order valence-corrected chi connectivity index (χ1v) is 8.92. The van der Waals surface area contributed by atoms with Gasteiger partial charge in [0.25, 0.3) is 0 Å². The summed E-state index contributed by atoms with van der Waals surface area (Å²) in [6.45, 7) is 0.689. The molecule has 1 aromatic carbocycles. The molecule has 0 N–H and O–H groups in total. The quantitative estimate of drug-likeness (QED) is 0.487. The zero-order chi connectivity index (χ0) is 16.9. The van der Waals surface area contributed by atoms with Crippen molar-refractivity contribution in [2.45, 2.75) is 17.5 Å². The van der Waals surface area contributed by atoms with Gasteiger partial charge < -0.3 is 4.42 Å². The molecule has 124 valence electrons. The van der Waals surface area contributed by atoms with Crippen LogP contribution >= 0.6 is 11.8 Å². The number of benzene rings is 1. The topological polar surface area (TPSA) is 56.7 Å². The first-order chi connectivity index (χ1) is 12.4. The molecule has 3 heterocycles. The summed E-state index contributed by atoms with van der Waals surface area (Å²) in [6.07, 6.45) is 3.45. The first kappa shape index (κ1) is 15.7. The Morgan fingerprint density at radius 1 is 0.920 bits per heavy atom. The Hall–Kier alpha value is -2.86. The zero-order valence-electron chi connectivity index (χ0n) is 13.4. The van der Waals surface area contributed by atoms with Crippen LogP contribution in [0.15, 0.2) is 82.7 Å². The van der Waals surface area contributed by atoms with Crippen molar-refractivity contribution in [3.63, 3.8) is 0 Å². The molecule has 4 rings (SSSR count). The number of pyridine rings is 1. The zero-order valence-corrected chi connectivity index (χ0v) is 14.3. The molecule has 0 aliphatic carbocycles. The van der Waals surface area contributed by atoms with Crippen molar-refractivity contribution in [1.29, 1.82) is 0 Å². The van der Waals surface area contributed by atoms with E-state index in [1.54, 1.807) is 24.2 Å². The molecule has 0 aliphatic heterocycles. The lowest BCUT2D eigenvalue weighted by atomic mass is 10.2. The van der Waals surface area contributed by atoms with Crippen molar-refractivity contribution >= 4 is 11.8 Å². The third-order valence-electron chi connectivity index (χ3n) is 3.72. The Kier molecular flexibility index (Phi) is 4.61. The highest BCUT2D eigenvalue weighted by Gasteiger charge is 2.16. The lowest BCUT2D eigenvalue weighted by Crippen LogP contribution is -2.04. The van der Waals surface area contributed by atoms with E-state index in [-0.39, 0.29) is 0 Å². The first-order valence-electron chi connectivity index (χ1n) is 7.94. The van der Waals surface area contributed by atoms with Gasteiger partial charge in [-0.2, -0.15) is 0 Å². The van der Waals surface area contributed by atoms with Crippen molar-refractivity contribution in [1.82, 2.24) is 19.7 Å². The fraction of sp³-hybridized carbons (Fsp3) is 0.105. The summed E-state index contributed by atoms with van der Waals surface area (Å²) < 4.78 is 7.61. The van der Waals surface area contributed by atoms with Crippen molar-refractivity contribution in [3.05, 3.63) is 84.4 Å². The molecular formula is C19H16N4OS. The summed E-state index contributed by atoms with van der Waals surface area (Å²) in [4.78, 5) is 4.37. The monoisotopic (exact) mass is 348 g/mol. The molecule has 3 aromatic heterocycles. The van der Waals surface area contributed by atoms with Crippen LogP contribution in [0.4, 0.5) is 0 Å². The van der Waals surface area contributed by atoms with Crippen LogP contribution in [0.5, 0.6) is 0 Å². The Labute approximate surface area is 149 Å². The number of aromatic nitrogens is 4. The molecule has 0 saturated carbocycles. The van der Waals surface area contributed by atoms with E-state index in [4.69, 9.17) is 4.42 Å². The maximum absolute atomic E-state index is 5.53. The summed E-state index contributed by atoms with van der Waals surface area (Å²) in [5.41, 5.74) is 2.20. The molecule has 0 saturated heterocycles. The van der Waals surface area contributed by atoms with E-state index in [2.05, 4.69) is 31.9 Å². The van der Waals surface area contributed by atoms with Gasteiger partial charge in [-0.25, -0.2) is 0 Å². The van der Waals surface area contributed by atoms with Gasteiger partial charge in [0, 0.05) is 11.9 Å². The maximum Gasteiger partial charge on any atom is 0.200 e. The number of nitrogens with zero attached hydrogens (tertiary/aromatic N) is 4. The van der Waals surface area contributed by atoms with Gasteiger partial charge in [-0.3, -0.25) is 9.55 Å². The van der Waals surface area contributed by atoms with Crippen LogP contribution < -0.4 is 0 Å². The van der Waals surface area contributed by atoms with Crippen molar-refractivity contribution in [2.75, 3.05) is 0 Å². The van der Waals surface area contributed by atoms with Gasteiger partial charge in [0.1, 0.15) is 0 Å². The molecule has 4 aromatic rings. The van der Waals surface area contributed by atoms with Crippen molar-refractivity contribution in [3.8, 4) is 11.6 Å². The van der Waals surface area contributed by atoms with Gasteiger partial charge in [0.15, 0.2) is 10.9 Å². The molecule has 0 spiro atoms. The average molecular weight is 348 g/mol. The molecule has 0 atom stereocenters. The molecule has 0 bridgehead atoms. The minimum atomic E-state index is 0.689. The van der Waals surface area contributed by atoms with E-state index >= 15 is 0 Å². The van der Waals surface area contributed by atoms with Crippen molar-refractivity contribution < 1.29 is 4.42 Å². The second-order valence-corrected chi connectivity index (χ2v) is 6.41. The highest BCUT2D eigenvalue weighted by molar-refractivity contribution is 7.98. The lowest BCUT2D eigenvalue weighted by molar-refractivity contribution is 0.569. The van der Waals surface area contributed by atoms with Gasteiger partial charge >= 0.3 is 0 Å². The van der Waals surface area contributed by atoms with Crippen LogP contribution in [0.25, 0.3) is 11.6 Å². The second kappa shape index (κ2) is 7.36. The minimum absolute atomic E-state index is 0.689. The molecule has 0 fully saturated rings. The van der Waals surface area contributed by atoms with E-state index in [1.165, 1.54) is 5.56 Å². The normalized spacial score (nSPS) is 10.9. The number of furan rings is 1. The van der Waals surface area contributed by atoms with E-state index in [1.807, 2.05) is 48.5 Å². The molecule has 0 aliphatic rings. The van der Waals surface area contributed by atoms with Gasteiger partial charge in [0.05, 0.1) is 18.5 Å². The molecule has 5 nitrogen and oxygen atoms in total. The highest BCUT2D eigenvalue weighted by Crippen LogP contribution is 2.27. The highest BCUT2D eigenvalue weighted by atomic mass is 32.2. The summed E-state index contributed by atoms with van der Waals surface area (Å²) in [7, 11) is 0. The van der Waals surface area contributed by atoms with Crippen LogP contribution in [0.2, 0.25) is 0 Å². The molecule has 6 heteroatoms. The SMILES string of the molecule is c1ccc(Cn2c(SCc3ccccn3)nnc2-c2ccco2)cc1. The minimum Gasteiger partial charge on any atom is -0.461 e. The van der Waals surface area contributed by atoms with Gasteiger partial charge in [-0.05, 0) is 29.8 Å². The molecular weight excluding hydrogens is 332 g/mol. The summed E-state index contributed by atoms with van der Waals surface area (Å²) in [6, 6.07) is 20.0. The Morgan fingerprint density at radius 2 is 1.80 bits per heavy atom.